The molecule has 7 heteroatoms. The number of H-pyrrole nitrogens is 1. The molecular formula is C14H19N5O2. The summed E-state index contributed by atoms with van der Waals surface area (Å²) >= 11 is 0. The van der Waals surface area contributed by atoms with Gasteiger partial charge in [0.1, 0.15) is 5.82 Å². The van der Waals surface area contributed by atoms with Crippen molar-refractivity contribution < 1.29 is 9.53 Å². The standard InChI is InChI=1S/C14H19N5O2/c1-4-11-17-12(19-18-11)13(20)16-8-10-6-5-7-15-14(10)21-9(2)3/h5-7,9H,4,8H2,1-3H3,(H,16,20)(H,17,18,19). The molecule has 112 valence electrons. The van der Waals surface area contributed by atoms with Gasteiger partial charge in [-0.25, -0.2) is 9.97 Å². The molecule has 0 bridgehead atoms. The highest BCUT2D eigenvalue weighted by Crippen LogP contribution is 2.15. The van der Waals surface area contributed by atoms with Gasteiger partial charge in [0, 0.05) is 24.7 Å². The summed E-state index contributed by atoms with van der Waals surface area (Å²) in [6, 6.07) is 3.66. The van der Waals surface area contributed by atoms with E-state index in [-0.39, 0.29) is 17.8 Å². The summed E-state index contributed by atoms with van der Waals surface area (Å²) in [6.07, 6.45) is 2.38. The molecule has 0 fully saturated rings. The van der Waals surface area contributed by atoms with Crippen LogP contribution in [0.4, 0.5) is 0 Å². The highest BCUT2D eigenvalue weighted by Gasteiger charge is 2.13. The van der Waals surface area contributed by atoms with Gasteiger partial charge in [-0.2, -0.15) is 0 Å². The second-order valence-electron chi connectivity index (χ2n) is 4.78. The predicted octanol–water partition coefficient (Wildman–Crippen LogP) is 1.48. The monoisotopic (exact) mass is 289 g/mol. The SMILES string of the molecule is CCc1nc(C(=O)NCc2cccnc2OC(C)C)n[nH]1. The van der Waals surface area contributed by atoms with Gasteiger partial charge in [0.2, 0.25) is 11.7 Å². The molecule has 2 aromatic rings. The van der Waals surface area contributed by atoms with E-state index < -0.39 is 0 Å². The van der Waals surface area contributed by atoms with Crippen molar-refractivity contribution >= 4 is 5.91 Å². The van der Waals surface area contributed by atoms with E-state index >= 15 is 0 Å². The minimum atomic E-state index is -0.328. The molecule has 2 N–H and O–H groups in total. The Bertz CT molecular complexity index is 609. The van der Waals surface area contributed by atoms with Gasteiger partial charge in [0.25, 0.3) is 5.91 Å². The Morgan fingerprint density at radius 1 is 1.48 bits per heavy atom. The number of carbonyl (C=O) groups is 1. The number of amides is 1. The van der Waals surface area contributed by atoms with Crippen molar-refractivity contribution in [2.24, 2.45) is 0 Å². The third-order valence-electron chi connectivity index (χ3n) is 2.71. The summed E-state index contributed by atoms with van der Waals surface area (Å²) < 4.78 is 5.61. The molecule has 0 aromatic carbocycles. The number of pyridine rings is 1. The van der Waals surface area contributed by atoms with Gasteiger partial charge >= 0.3 is 0 Å². The fourth-order valence-corrected chi connectivity index (χ4v) is 1.70. The summed E-state index contributed by atoms with van der Waals surface area (Å²) in [5, 5.41) is 9.35. The molecular weight excluding hydrogens is 270 g/mol. The van der Waals surface area contributed by atoms with E-state index in [1.54, 1.807) is 12.3 Å². The molecule has 0 unspecified atom stereocenters. The molecule has 0 aliphatic rings. The highest BCUT2D eigenvalue weighted by atomic mass is 16.5. The lowest BCUT2D eigenvalue weighted by Crippen LogP contribution is -2.24. The lowest BCUT2D eigenvalue weighted by Gasteiger charge is -2.12. The first kappa shape index (κ1) is 15.0. The van der Waals surface area contributed by atoms with Crippen molar-refractivity contribution in [1.82, 2.24) is 25.5 Å². The summed E-state index contributed by atoms with van der Waals surface area (Å²) in [5.74, 6) is 1.02. The molecule has 0 aliphatic heterocycles. The van der Waals surface area contributed by atoms with Crippen molar-refractivity contribution in [2.75, 3.05) is 0 Å². The van der Waals surface area contributed by atoms with Crippen LogP contribution in [0.5, 0.6) is 5.88 Å². The molecule has 0 saturated carbocycles. The van der Waals surface area contributed by atoms with Gasteiger partial charge in [-0.15, -0.1) is 5.10 Å². The number of ether oxygens (including phenoxy) is 1. The van der Waals surface area contributed by atoms with E-state index in [0.717, 1.165) is 5.56 Å². The fourth-order valence-electron chi connectivity index (χ4n) is 1.70. The average Bonchev–Trinajstić information content (AvgIpc) is 2.94. The number of hydrogen-bond acceptors (Lipinski definition) is 5. The van der Waals surface area contributed by atoms with Gasteiger partial charge in [-0.3, -0.25) is 9.89 Å². The van der Waals surface area contributed by atoms with E-state index in [1.807, 2.05) is 26.8 Å². The van der Waals surface area contributed by atoms with E-state index in [0.29, 0.717) is 24.7 Å². The largest absolute Gasteiger partial charge is 0.475 e. The van der Waals surface area contributed by atoms with Crippen molar-refractivity contribution in [1.29, 1.82) is 0 Å². The Morgan fingerprint density at radius 2 is 2.29 bits per heavy atom. The zero-order valence-corrected chi connectivity index (χ0v) is 12.4. The number of aromatic amines is 1. The maximum atomic E-state index is 12.0. The molecule has 2 heterocycles. The van der Waals surface area contributed by atoms with E-state index in [1.165, 1.54) is 0 Å². The molecule has 0 atom stereocenters. The highest BCUT2D eigenvalue weighted by molar-refractivity contribution is 5.90. The topological polar surface area (TPSA) is 92.8 Å². The molecule has 0 radical (unpaired) electrons. The lowest BCUT2D eigenvalue weighted by molar-refractivity contribution is 0.0940. The first-order chi connectivity index (χ1) is 10.1. The van der Waals surface area contributed by atoms with Crippen LogP contribution in [0.1, 0.15) is 42.8 Å². The first-order valence-corrected chi connectivity index (χ1v) is 6.90. The third kappa shape index (κ3) is 4.01. The summed E-state index contributed by atoms with van der Waals surface area (Å²) in [6.45, 7) is 6.10. The number of nitrogens with zero attached hydrogens (tertiary/aromatic N) is 3. The Balaban J connectivity index is 2.01. The van der Waals surface area contributed by atoms with Crippen LogP contribution < -0.4 is 10.1 Å². The average molecular weight is 289 g/mol. The van der Waals surface area contributed by atoms with Crippen molar-refractivity contribution in [2.45, 2.75) is 39.8 Å². The normalized spacial score (nSPS) is 10.7. The van der Waals surface area contributed by atoms with Crippen LogP contribution in [0.15, 0.2) is 18.3 Å². The second-order valence-corrected chi connectivity index (χ2v) is 4.78. The summed E-state index contributed by atoms with van der Waals surface area (Å²) in [7, 11) is 0. The number of nitrogens with one attached hydrogen (secondary N) is 2. The second kappa shape index (κ2) is 6.83. The molecule has 21 heavy (non-hydrogen) atoms. The van der Waals surface area contributed by atoms with Crippen LogP contribution in [0.2, 0.25) is 0 Å². The van der Waals surface area contributed by atoms with Gasteiger partial charge in [-0.1, -0.05) is 13.0 Å². The fraction of sp³-hybridized carbons (Fsp3) is 0.429. The van der Waals surface area contributed by atoms with Crippen LogP contribution in [0, 0.1) is 0 Å². The van der Waals surface area contributed by atoms with Crippen LogP contribution >= 0.6 is 0 Å². The minimum Gasteiger partial charge on any atom is -0.475 e. The Hall–Kier alpha value is -2.44. The number of carbonyl (C=O) groups excluding carboxylic acids is 1. The number of hydrogen-bond donors (Lipinski definition) is 2. The van der Waals surface area contributed by atoms with Crippen LogP contribution in [0.3, 0.4) is 0 Å². The van der Waals surface area contributed by atoms with Crippen molar-refractivity contribution in [3.05, 3.63) is 35.5 Å². The minimum absolute atomic E-state index is 0.0227. The van der Waals surface area contributed by atoms with Crippen molar-refractivity contribution in [3.63, 3.8) is 0 Å². The van der Waals surface area contributed by atoms with Crippen LogP contribution in [0.25, 0.3) is 0 Å². The van der Waals surface area contributed by atoms with Gasteiger partial charge in [0.15, 0.2) is 0 Å². The molecule has 2 rings (SSSR count). The lowest BCUT2D eigenvalue weighted by atomic mass is 10.2. The number of aromatic nitrogens is 4. The van der Waals surface area contributed by atoms with E-state index in [2.05, 4.69) is 25.5 Å². The molecule has 7 nitrogen and oxygen atoms in total. The van der Waals surface area contributed by atoms with Crippen molar-refractivity contribution in [3.8, 4) is 5.88 Å². The zero-order valence-electron chi connectivity index (χ0n) is 12.4. The Kier molecular flexibility index (Phi) is 4.86. The van der Waals surface area contributed by atoms with E-state index in [9.17, 15) is 4.79 Å². The number of aryl methyl sites for hydroxylation is 1. The van der Waals surface area contributed by atoms with E-state index in [4.69, 9.17) is 4.74 Å². The molecule has 0 spiro atoms. The molecule has 1 amide bonds. The summed E-state index contributed by atoms with van der Waals surface area (Å²) in [5.41, 5.74) is 0.811. The maximum absolute atomic E-state index is 12.0. The van der Waals surface area contributed by atoms with Crippen LogP contribution in [-0.2, 0) is 13.0 Å². The molecule has 2 aromatic heterocycles. The number of rotatable bonds is 6. The zero-order chi connectivity index (χ0) is 15.2. The predicted molar refractivity (Wildman–Crippen MR) is 76.9 cm³/mol. The van der Waals surface area contributed by atoms with Crippen LogP contribution in [-0.4, -0.2) is 32.2 Å². The summed E-state index contributed by atoms with van der Waals surface area (Å²) in [4.78, 5) is 20.2. The Morgan fingerprint density at radius 3 is 2.95 bits per heavy atom. The first-order valence-electron chi connectivity index (χ1n) is 6.90. The third-order valence-corrected chi connectivity index (χ3v) is 2.71. The van der Waals surface area contributed by atoms with Gasteiger partial charge in [-0.05, 0) is 19.9 Å². The van der Waals surface area contributed by atoms with Gasteiger partial charge < -0.3 is 10.1 Å². The Labute approximate surface area is 123 Å². The van der Waals surface area contributed by atoms with Gasteiger partial charge in [0.05, 0.1) is 6.10 Å². The maximum Gasteiger partial charge on any atom is 0.291 e. The molecule has 0 aliphatic carbocycles. The smallest absolute Gasteiger partial charge is 0.291 e. The molecule has 0 saturated heterocycles. The quantitative estimate of drug-likeness (QED) is 0.840.